The van der Waals surface area contributed by atoms with Gasteiger partial charge in [-0.3, -0.25) is 0 Å². The smallest absolute Gasteiger partial charge is 0.243 e. The molecule has 0 radical (unpaired) electrons. The molecule has 1 aliphatic rings. The Morgan fingerprint density at radius 3 is 2.07 bits per heavy atom. The van der Waals surface area contributed by atoms with E-state index in [1.165, 1.54) is 4.31 Å². The maximum absolute atomic E-state index is 13.6. The van der Waals surface area contributed by atoms with Gasteiger partial charge in [0.2, 0.25) is 10.0 Å². The molecule has 156 valence electrons. The van der Waals surface area contributed by atoms with Gasteiger partial charge in [0.25, 0.3) is 0 Å². The van der Waals surface area contributed by atoms with Gasteiger partial charge in [0.15, 0.2) is 0 Å². The van der Waals surface area contributed by atoms with Gasteiger partial charge >= 0.3 is 0 Å². The van der Waals surface area contributed by atoms with Crippen LogP contribution in [-0.4, -0.2) is 27.7 Å². The van der Waals surface area contributed by atoms with Gasteiger partial charge < -0.3 is 9.47 Å². The molecule has 1 heterocycles. The van der Waals surface area contributed by atoms with Crippen molar-refractivity contribution >= 4 is 21.4 Å². The van der Waals surface area contributed by atoms with Crippen LogP contribution in [0.1, 0.15) is 18.1 Å². The molecule has 3 aromatic carbocycles. The van der Waals surface area contributed by atoms with Gasteiger partial charge in [0.1, 0.15) is 18.5 Å². The van der Waals surface area contributed by atoms with Crippen LogP contribution in [0.5, 0.6) is 5.75 Å². The van der Waals surface area contributed by atoms with Gasteiger partial charge in [-0.05, 0) is 53.9 Å². The first-order valence-corrected chi connectivity index (χ1v) is 11.7. The summed E-state index contributed by atoms with van der Waals surface area (Å²) in [5.74, 6) is 0.651. The summed E-state index contributed by atoms with van der Waals surface area (Å²) < 4.78 is 39.5. The third-order valence-electron chi connectivity index (χ3n) is 4.99. The average Bonchev–Trinajstić information content (AvgIpc) is 3.59. The number of sulfonamides is 1. The topological polar surface area (TPSA) is 59.1 Å². The molecule has 1 aliphatic heterocycles. The van der Waals surface area contributed by atoms with E-state index < -0.39 is 10.0 Å². The minimum absolute atomic E-state index is 0.0913. The summed E-state index contributed by atoms with van der Waals surface area (Å²) in [6.45, 7) is 3.29. The first-order chi connectivity index (χ1) is 14.6. The Hall–Kier alpha value is -2.83. The van der Waals surface area contributed by atoms with Gasteiger partial charge in [-0.15, -0.1) is 0 Å². The van der Waals surface area contributed by atoms with Crippen molar-refractivity contribution in [3.63, 3.8) is 0 Å². The molecule has 0 aliphatic carbocycles. The van der Waals surface area contributed by atoms with Crippen LogP contribution in [0, 0.1) is 0 Å². The fourth-order valence-electron chi connectivity index (χ4n) is 3.37. The van der Waals surface area contributed by atoms with Crippen LogP contribution in [0.3, 0.4) is 0 Å². The van der Waals surface area contributed by atoms with Crippen molar-refractivity contribution in [2.75, 3.05) is 17.5 Å². The summed E-state index contributed by atoms with van der Waals surface area (Å²) in [4.78, 5) is 0. The highest BCUT2D eigenvalue weighted by Gasteiger charge is 2.26. The highest BCUT2D eigenvalue weighted by molar-refractivity contribution is 7.92. The maximum atomic E-state index is 13.6. The summed E-state index contributed by atoms with van der Waals surface area (Å²) in [5, 5.41) is 0. The van der Waals surface area contributed by atoms with Crippen molar-refractivity contribution in [1.29, 1.82) is 0 Å². The van der Waals surface area contributed by atoms with Crippen molar-refractivity contribution in [1.82, 2.24) is 0 Å². The van der Waals surface area contributed by atoms with Crippen molar-refractivity contribution < 1.29 is 17.9 Å². The summed E-state index contributed by atoms with van der Waals surface area (Å²) in [5.41, 5.74) is 2.98. The number of rotatable bonds is 9. The molecule has 5 nitrogen and oxygen atoms in total. The molecule has 1 unspecified atom stereocenters. The molecular weight excluding hydrogens is 398 g/mol. The average molecular weight is 424 g/mol. The largest absolute Gasteiger partial charge is 0.491 e. The molecular formula is C24H25NO4S. The molecule has 30 heavy (non-hydrogen) atoms. The van der Waals surface area contributed by atoms with Crippen LogP contribution < -0.4 is 9.04 Å². The van der Waals surface area contributed by atoms with Crippen LogP contribution in [0.15, 0.2) is 78.9 Å². The quantitative estimate of drug-likeness (QED) is 0.468. The maximum Gasteiger partial charge on any atom is 0.243 e. The number of nitrogens with zero attached hydrogens (tertiary/aromatic N) is 1. The Bertz CT molecular complexity index is 1040. The summed E-state index contributed by atoms with van der Waals surface area (Å²) in [6, 6.07) is 24.0. The van der Waals surface area contributed by atoms with Gasteiger partial charge in [-0.2, -0.15) is 0 Å². The molecule has 1 saturated heterocycles. The molecule has 0 spiro atoms. The molecule has 0 N–H and O–H groups in total. The van der Waals surface area contributed by atoms with Gasteiger partial charge in [0, 0.05) is 0 Å². The molecule has 3 aromatic rings. The van der Waals surface area contributed by atoms with E-state index in [-0.39, 0.29) is 11.9 Å². The zero-order chi connectivity index (χ0) is 21.0. The number of hydrogen-bond donors (Lipinski definition) is 0. The fourth-order valence-corrected chi connectivity index (χ4v) is 5.06. The predicted molar refractivity (Wildman–Crippen MR) is 119 cm³/mol. The number of hydrogen-bond acceptors (Lipinski definition) is 4. The Morgan fingerprint density at radius 2 is 1.53 bits per heavy atom. The first kappa shape index (κ1) is 20.4. The second-order valence-electron chi connectivity index (χ2n) is 7.24. The third kappa shape index (κ3) is 4.83. The zero-order valence-corrected chi connectivity index (χ0v) is 17.7. The van der Waals surface area contributed by atoms with Crippen molar-refractivity contribution in [2.45, 2.75) is 25.2 Å². The summed E-state index contributed by atoms with van der Waals surface area (Å²) >= 11 is 0. The Kier molecular flexibility index (Phi) is 6.06. The lowest BCUT2D eigenvalue weighted by molar-refractivity contribution is 0.263. The van der Waals surface area contributed by atoms with Crippen LogP contribution in [0.4, 0.5) is 11.4 Å². The molecule has 1 atom stereocenters. The number of epoxide rings is 1. The number of anilines is 2. The number of para-hydroxylation sites is 2. The standard InChI is InChI=1S/C24H25NO4S/c1-2-19-15-23(28-16-24-17-29-24)14-13-20(19)18-30(26,27)25(21-9-5-3-6-10-21)22-11-7-4-8-12-22/h3-15,24H,2,16-18H2,1H3. The van der Waals surface area contributed by atoms with Crippen LogP contribution >= 0.6 is 0 Å². The van der Waals surface area contributed by atoms with Crippen molar-refractivity contribution in [2.24, 2.45) is 0 Å². The molecule has 4 rings (SSSR count). The SMILES string of the molecule is CCc1cc(OCC2CO2)ccc1CS(=O)(=O)N(c1ccccc1)c1ccccc1. The van der Waals surface area contributed by atoms with E-state index in [9.17, 15) is 8.42 Å². The van der Waals surface area contributed by atoms with E-state index in [1.807, 2.05) is 85.8 Å². The summed E-state index contributed by atoms with van der Waals surface area (Å²) in [6.07, 6.45) is 0.902. The highest BCUT2D eigenvalue weighted by Crippen LogP contribution is 2.31. The minimum Gasteiger partial charge on any atom is -0.491 e. The fraction of sp³-hybridized carbons (Fsp3) is 0.250. The van der Waals surface area contributed by atoms with Crippen LogP contribution in [-0.2, 0) is 26.9 Å². The van der Waals surface area contributed by atoms with Gasteiger partial charge in [-0.1, -0.05) is 49.4 Å². The zero-order valence-electron chi connectivity index (χ0n) is 16.9. The van der Waals surface area contributed by atoms with Crippen molar-refractivity contribution in [3.8, 4) is 5.75 Å². The molecule has 0 saturated carbocycles. The lowest BCUT2D eigenvalue weighted by atomic mass is 10.1. The predicted octanol–water partition coefficient (Wildman–Crippen LogP) is 4.69. The second kappa shape index (κ2) is 8.90. The van der Waals surface area contributed by atoms with E-state index in [1.54, 1.807) is 0 Å². The van der Waals surface area contributed by atoms with Gasteiger partial charge in [-0.25, -0.2) is 12.7 Å². The Labute approximate surface area is 177 Å². The summed E-state index contributed by atoms with van der Waals surface area (Å²) in [7, 11) is -3.67. The lowest BCUT2D eigenvalue weighted by Crippen LogP contribution is -2.27. The highest BCUT2D eigenvalue weighted by atomic mass is 32.2. The monoisotopic (exact) mass is 423 g/mol. The third-order valence-corrected chi connectivity index (χ3v) is 6.65. The van der Waals surface area contributed by atoms with Crippen molar-refractivity contribution in [3.05, 3.63) is 90.0 Å². The Balaban J connectivity index is 1.64. The Morgan fingerprint density at radius 1 is 0.933 bits per heavy atom. The molecule has 1 fully saturated rings. The van der Waals surface area contributed by atoms with E-state index >= 15 is 0 Å². The molecule has 6 heteroatoms. The number of aryl methyl sites for hydroxylation is 1. The van der Waals surface area contributed by atoms with E-state index in [0.717, 1.165) is 29.9 Å². The lowest BCUT2D eigenvalue weighted by Gasteiger charge is -2.25. The molecule has 0 bridgehead atoms. The van der Waals surface area contributed by atoms with E-state index in [4.69, 9.17) is 9.47 Å². The van der Waals surface area contributed by atoms with E-state index in [0.29, 0.717) is 18.0 Å². The van der Waals surface area contributed by atoms with Crippen LogP contribution in [0.25, 0.3) is 0 Å². The van der Waals surface area contributed by atoms with Crippen LogP contribution in [0.2, 0.25) is 0 Å². The first-order valence-electron chi connectivity index (χ1n) is 10.1. The number of ether oxygens (including phenoxy) is 2. The second-order valence-corrected chi connectivity index (χ2v) is 9.06. The van der Waals surface area contributed by atoms with E-state index in [2.05, 4.69) is 0 Å². The van der Waals surface area contributed by atoms with Gasteiger partial charge in [0.05, 0.1) is 23.7 Å². The minimum atomic E-state index is -3.67. The normalized spacial score (nSPS) is 15.6. The molecule has 0 amide bonds. The number of benzene rings is 3. The molecule has 0 aromatic heterocycles.